The minimum Gasteiger partial charge on any atom is -0.391 e. The molecule has 0 bridgehead atoms. The van der Waals surface area contributed by atoms with Crippen LogP contribution >= 0.6 is 0 Å². The molecule has 3 atom stereocenters. The molecule has 8 nitrogen and oxygen atoms in total. The van der Waals surface area contributed by atoms with Gasteiger partial charge in [-0.3, -0.25) is 9.59 Å². The highest BCUT2D eigenvalue weighted by atomic mass is 16.3. The van der Waals surface area contributed by atoms with Crippen molar-refractivity contribution in [2.45, 2.75) is 38.5 Å². The van der Waals surface area contributed by atoms with Gasteiger partial charge < -0.3 is 15.3 Å². The summed E-state index contributed by atoms with van der Waals surface area (Å²) in [6.07, 6.45) is -0.458. The van der Waals surface area contributed by atoms with E-state index in [4.69, 9.17) is 0 Å². The fraction of sp³-hybridized carbons (Fsp3) is 0.529. The zero-order chi connectivity index (χ0) is 18.1. The lowest BCUT2D eigenvalue weighted by atomic mass is 10.0. The summed E-state index contributed by atoms with van der Waals surface area (Å²) in [6, 6.07) is 6.19. The van der Waals surface area contributed by atoms with E-state index < -0.39 is 18.2 Å². The smallest absolute Gasteiger partial charge is 0.248 e. The van der Waals surface area contributed by atoms with Crippen LogP contribution in [0.3, 0.4) is 0 Å². The van der Waals surface area contributed by atoms with Crippen LogP contribution in [0.25, 0.3) is 11.0 Å². The Labute approximate surface area is 145 Å². The lowest BCUT2D eigenvalue weighted by molar-refractivity contribution is -0.142. The van der Waals surface area contributed by atoms with Gasteiger partial charge >= 0.3 is 0 Å². The Bertz CT molecular complexity index is 787. The van der Waals surface area contributed by atoms with E-state index in [1.165, 1.54) is 11.9 Å². The Kier molecular flexibility index (Phi) is 4.71. The molecule has 8 heteroatoms. The van der Waals surface area contributed by atoms with Crippen molar-refractivity contribution in [2.24, 2.45) is 5.92 Å². The predicted octanol–water partition coefficient (Wildman–Crippen LogP) is 0.336. The molecule has 2 unspecified atom stereocenters. The SMILES string of the molecule is CNC(=O)[C@H]1CC(O)CN1C(=O)C(C(C)C)n1nnc2ccccc21. The number of hydrogen-bond donors (Lipinski definition) is 2. The molecule has 0 spiro atoms. The number of aromatic nitrogens is 3. The first-order chi connectivity index (χ1) is 11.9. The van der Waals surface area contributed by atoms with Crippen LogP contribution < -0.4 is 5.32 Å². The van der Waals surface area contributed by atoms with Crippen LogP contribution in [-0.2, 0) is 9.59 Å². The normalized spacial score (nSPS) is 21.7. The van der Waals surface area contributed by atoms with Crippen LogP contribution in [0.2, 0.25) is 0 Å². The molecule has 1 aromatic carbocycles. The maximum atomic E-state index is 13.3. The van der Waals surface area contributed by atoms with Crippen LogP contribution in [0.5, 0.6) is 0 Å². The first-order valence-electron chi connectivity index (χ1n) is 8.44. The first kappa shape index (κ1) is 17.3. The topological polar surface area (TPSA) is 100 Å². The maximum Gasteiger partial charge on any atom is 0.248 e. The summed E-state index contributed by atoms with van der Waals surface area (Å²) in [5, 5.41) is 20.8. The minimum absolute atomic E-state index is 0.0549. The zero-order valence-corrected chi connectivity index (χ0v) is 14.6. The van der Waals surface area contributed by atoms with Crippen LogP contribution in [0.1, 0.15) is 26.3 Å². The van der Waals surface area contributed by atoms with Crippen molar-refractivity contribution in [1.82, 2.24) is 25.2 Å². The van der Waals surface area contributed by atoms with E-state index in [9.17, 15) is 14.7 Å². The highest BCUT2D eigenvalue weighted by Crippen LogP contribution is 2.28. The summed E-state index contributed by atoms with van der Waals surface area (Å²) in [7, 11) is 1.53. The van der Waals surface area contributed by atoms with E-state index in [1.807, 2.05) is 38.1 Å². The molecule has 3 rings (SSSR count). The van der Waals surface area contributed by atoms with Crippen molar-refractivity contribution >= 4 is 22.8 Å². The summed E-state index contributed by atoms with van der Waals surface area (Å²) in [4.78, 5) is 26.8. The third-order valence-electron chi connectivity index (χ3n) is 4.64. The van der Waals surface area contributed by atoms with E-state index in [2.05, 4.69) is 15.6 Å². The van der Waals surface area contributed by atoms with Gasteiger partial charge in [0.15, 0.2) is 0 Å². The molecule has 0 radical (unpaired) electrons. The number of carbonyl (C=O) groups is 2. The standard InChI is InChI=1S/C17H23N5O3/c1-10(2)15(22-13-7-5-4-6-12(13)19-20-22)17(25)21-9-11(23)8-14(21)16(24)18-3/h4-7,10-11,14-15,23H,8-9H2,1-3H3,(H,18,24)/t11?,14-,15?/m1/s1. The quantitative estimate of drug-likeness (QED) is 0.832. The van der Waals surface area contributed by atoms with Gasteiger partial charge in [0.05, 0.1) is 11.6 Å². The number of hydrogen-bond acceptors (Lipinski definition) is 5. The number of nitrogens with one attached hydrogen (secondary N) is 1. The van der Waals surface area contributed by atoms with Crippen molar-refractivity contribution in [1.29, 1.82) is 0 Å². The van der Waals surface area contributed by atoms with Gasteiger partial charge in [-0.2, -0.15) is 0 Å². The molecule has 2 aromatic rings. The van der Waals surface area contributed by atoms with Gasteiger partial charge in [0.1, 0.15) is 17.6 Å². The van der Waals surface area contributed by atoms with Gasteiger partial charge in [-0.25, -0.2) is 4.68 Å². The average Bonchev–Trinajstić information content (AvgIpc) is 3.18. The Morgan fingerprint density at radius 2 is 2.04 bits per heavy atom. The highest BCUT2D eigenvalue weighted by molar-refractivity contribution is 5.90. The number of aliphatic hydroxyl groups is 1. The van der Waals surface area contributed by atoms with Gasteiger partial charge in [0, 0.05) is 20.0 Å². The van der Waals surface area contributed by atoms with Crippen molar-refractivity contribution in [3.05, 3.63) is 24.3 Å². The number of para-hydroxylation sites is 1. The van der Waals surface area contributed by atoms with E-state index in [0.29, 0.717) is 5.52 Å². The van der Waals surface area contributed by atoms with Gasteiger partial charge in [0.2, 0.25) is 11.8 Å². The molecule has 1 fully saturated rings. The molecule has 1 saturated heterocycles. The van der Waals surface area contributed by atoms with Gasteiger partial charge in [0.25, 0.3) is 0 Å². The number of benzene rings is 1. The summed E-state index contributed by atoms with van der Waals surface area (Å²) in [6.45, 7) is 4.01. The van der Waals surface area contributed by atoms with Gasteiger partial charge in [-0.1, -0.05) is 31.2 Å². The highest BCUT2D eigenvalue weighted by Gasteiger charge is 2.42. The largest absolute Gasteiger partial charge is 0.391 e. The Morgan fingerprint density at radius 3 is 2.72 bits per heavy atom. The molecule has 2 N–H and O–H groups in total. The van der Waals surface area contributed by atoms with Gasteiger partial charge in [-0.05, 0) is 18.1 Å². The first-order valence-corrected chi connectivity index (χ1v) is 8.44. The van der Waals surface area contributed by atoms with E-state index >= 15 is 0 Å². The lowest BCUT2D eigenvalue weighted by Gasteiger charge is -2.29. The monoisotopic (exact) mass is 345 g/mol. The second kappa shape index (κ2) is 6.79. The van der Waals surface area contributed by atoms with Crippen LogP contribution in [0.4, 0.5) is 0 Å². The van der Waals surface area contributed by atoms with Crippen molar-refractivity contribution in [2.75, 3.05) is 13.6 Å². The third kappa shape index (κ3) is 3.09. The molecule has 1 aliphatic rings. The van der Waals surface area contributed by atoms with Crippen LogP contribution in [0, 0.1) is 5.92 Å². The Morgan fingerprint density at radius 1 is 1.32 bits per heavy atom. The number of likely N-dealkylation sites (N-methyl/N-ethyl adjacent to an activating group) is 1. The minimum atomic E-state index is -0.702. The second-order valence-corrected chi connectivity index (χ2v) is 6.72. The van der Waals surface area contributed by atoms with Crippen molar-refractivity contribution in [3.63, 3.8) is 0 Å². The number of aliphatic hydroxyl groups excluding tert-OH is 1. The molecule has 25 heavy (non-hydrogen) atoms. The van der Waals surface area contributed by atoms with Crippen LogP contribution in [-0.4, -0.2) is 62.6 Å². The Balaban J connectivity index is 1.98. The number of likely N-dealkylation sites (tertiary alicyclic amines) is 1. The summed E-state index contributed by atoms with van der Waals surface area (Å²) in [5.41, 5.74) is 1.48. The zero-order valence-electron chi connectivity index (χ0n) is 14.6. The molecule has 2 amide bonds. The number of fused-ring (bicyclic) bond motifs is 1. The average molecular weight is 345 g/mol. The number of β-amino-alcohol motifs (C(OH)–C–C–N with tert-alkyl or cyclic N) is 1. The van der Waals surface area contributed by atoms with E-state index in [-0.39, 0.29) is 30.7 Å². The summed E-state index contributed by atoms with van der Waals surface area (Å²) in [5.74, 6) is -0.549. The van der Waals surface area contributed by atoms with Crippen LogP contribution in [0.15, 0.2) is 24.3 Å². The molecule has 2 heterocycles. The number of carbonyl (C=O) groups excluding carboxylic acids is 2. The van der Waals surface area contributed by atoms with Crippen molar-refractivity contribution in [3.8, 4) is 0 Å². The van der Waals surface area contributed by atoms with Gasteiger partial charge in [-0.15, -0.1) is 5.10 Å². The van der Waals surface area contributed by atoms with E-state index in [0.717, 1.165) is 5.52 Å². The fourth-order valence-corrected chi connectivity index (χ4v) is 3.41. The Hall–Kier alpha value is -2.48. The summed E-state index contributed by atoms with van der Waals surface area (Å²) < 4.78 is 1.62. The fourth-order valence-electron chi connectivity index (χ4n) is 3.41. The molecule has 0 aliphatic carbocycles. The lowest BCUT2D eigenvalue weighted by Crippen LogP contribution is -2.48. The molecule has 0 saturated carbocycles. The molecular formula is C17H23N5O3. The molecule has 1 aliphatic heterocycles. The van der Waals surface area contributed by atoms with Crippen molar-refractivity contribution < 1.29 is 14.7 Å². The molecule has 134 valence electrons. The number of rotatable bonds is 4. The third-order valence-corrected chi connectivity index (χ3v) is 4.64. The number of amides is 2. The predicted molar refractivity (Wildman–Crippen MR) is 91.6 cm³/mol. The van der Waals surface area contributed by atoms with E-state index in [1.54, 1.807) is 4.68 Å². The molecular weight excluding hydrogens is 322 g/mol. The second-order valence-electron chi connectivity index (χ2n) is 6.72. The summed E-state index contributed by atoms with van der Waals surface area (Å²) >= 11 is 0. The number of nitrogens with zero attached hydrogens (tertiary/aromatic N) is 4. The molecule has 1 aromatic heterocycles. The maximum absolute atomic E-state index is 13.3.